The summed E-state index contributed by atoms with van der Waals surface area (Å²) < 4.78 is 21.6. The summed E-state index contributed by atoms with van der Waals surface area (Å²) in [5.74, 6) is -2.51. The molecule has 0 aromatic heterocycles. The van der Waals surface area contributed by atoms with E-state index >= 15 is 0 Å². The minimum absolute atomic E-state index is 0.0237. The lowest BCUT2D eigenvalue weighted by molar-refractivity contribution is -0.135. The van der Waals surface area contributed by atoms with Gasteiger partial charge in [0.05, 0.1) is 0 Å². The fraction of sp³-hybridized carbons (Fsp3) is 0.565. The van der Waals surface area contributed by atoms with Crippen LogP contribution in [0.3, 0.4) is 0 Å². The van der Waals surface area contributed by atoms with Gasteiger partial charge in [0.2, 0.25) is 0 Å². The number of rotatable bonds is 9. The molecule has 0 spiro atoms. The van der Waals surface area contributed by atoms with Crippen molar-refractivity contribution in [1.82, 2.24) is 0 Å². The molecule has 0 bridgehead atoms. The second-order valence-electron chi connectivity index (χ2n) is 7.96. The van der Waals surface area contributed by atoms with Crippen LogP contribution in [-0.4, -0.2) is 23.9 Å². The molecular formula is C23H32O8. The smallest absolute Gasteiger partial charge is 0.308 e. The Hall–Kier alpha value is -2.90. The lowest BCUT2D eigenvalue weighted by Gasteiger charge is -2.25. The van der Waals surface area contributed by atoms with Crippen LogP contribution in [0.15, 0.2) is 0 Å². The number of carbonyl (C=O) groups is 4. The zero-order valence-corrected chi connectivity index (χ0v) is 19.5. The molecule has 1 atom stereocenters. The molecule has 8 heteroatoms. The number of esters is 4. The maximum atomic E-state index is 11.9. The van der Waals surface area contributed by atoms with Gasteiger partial charge in [-0.2, -0.15) is 0 Å². The second kappa shape index (κ2) is 11.5. The van der Waals surface area contributed by atoms with Crippen molar-refractivity contribution in [2.24, 2.45) is 5.92 Å². The molecule has 1 rings (SSSR count). The molecule has 0 aliphatic heterocycles. The highest BCUT2D eigenvalue weighted by Crippen LogP contribution is 2.52. The molecule has 0 heterocycles. The monoisotopic (exact) mass is 436 g/mol. The van der Waals surface area contributed by atoms with E-state index in [-0.39, 0.29) is 34.5 Å². The average Bonchev–Trinajstić information content (AvgIpc) is 2.60. The zero-order valence-electron chi connectivity index (χ0n) is 19.5. The molecule has 0 aliphatic rings. The van der Waals surface area contributed by atoms with Gasteiger partial charge >= 0.3 is 23.9 Å². The van der Waals surface area contributed by atoms with Gasteiger partial charge in [0.1, 0.15) is 0 Å². The standard InChI is InChI=1S/C23H32O8/c1-12(2)10-9-11-13(3)19-22(30-17(7)26)20(28-15(5)24)14(4)21(29-16(6)25)23(19)31-18(8)27/h12-13H,9-11H2,1-8H3/t13-/m1/s1. The van der Waals surface area contributed by atoms with E-state index < -0.39 is 23.9 Å². The highest BCUT2D eigenvalue weighted by atomic mass is 16.6. The minimum Gasteiger partial charge on any atom is -0.422 e. The van der Waals surface area contributed by atoms with E-state index in [4.69, 9.17) is 18.9 Å². The van der Waals surface area contributed by atoms with Crippen molar-refractivity contribution in [2.75, 3.05) is 0 Å². The van der Waals surface area contributed by atoms with Gasteiger partial charge in [-0.25, -0.2) is 0 Å². The summed E-state index contributed by atoms with van der Waals surface area (Å²) >= 11 is 0. The molecular weight excluding hydrogens is 404 g/mol. The Kier molecular flexibility index (Phi) is 9.68. The number of benzene rings is 1. The van der Waals surface area contributed by atoms with E-state index in [1.807, 2.05) is 6.92 Å². The third kappa shape index (κ3) is 7.70. The Bertz CT molecular complexity index is 797. The van der Waals surface area contributed by atoms with Crippen LogP contribution < -0.4 is 18.9 Å². The van der Waals surface area contributed by atoms with Gasteiger partial charge in [-0.1, -0.05) is 33.6 Å². The summed E-state index contributed by atoms with van der Waals surface area (Å²) in [5.41, 5.74) is 0.517. The van der Waals surface area contributed by atoms with Crippen LogP contribution in [0.1, 0.15) is 84.8 Å². The molecule has 0 unspecified atom stereocenters. The molecule has 0 saturated heterocycles. The lowest BCUT2D eigenvalue weighted by Crippen LogP contribution is -2.16. The second-order valence-corrected chi connectivity index (χ2v) is 7.96. The molecule has 8 nitrogen and oxygen atoms in total. The minimum atomic E-state index is -0.649. The third-order valence-electron chi connectivity index (χ3n) is 4.48. The first-order valence-electron chi connectivity index (χ1n) is 10.3. The Morgan fingerprint density at radius 2 is 1.00 bits per heavy atom. The summed E-state index contributed by atoms with van der Waals surface area (Å²) in [6.07, 6.45) is 2.50. The van der Waals surface area contributed by atoms with Crippen molar-refractivity contribution < 1.29 is 38.1 Å². The fourth-order valence-corrected chi connectivity index (χ4v) is 3.24. The molecule has 172 valence electrons. The van der Waals surface area contributed by atoms with Crippen LogP contribution in [0.4, 0.5) is 0 Å². The van der Waals surface area contributed by atoms with Crippen molar-refractivity contribution >= 4 is 23.9 Å². The van der Waals surface area contributed by atoms with E-state index in [2.05, 4.69) is 13.8 Å². The van der Waals surface area contributed by atoms with Crippen LogP contribution in [-0.2, 0) is 19.2 Å². The fourth-order valence-electron chi connectivity index (χ4n) is 3.24. The summed E-state index contributed by atoms with van der Waals surface area (Å²) in [6.45, 7) is 12.5. The van der Waals surface area contributed by atoms with Crippen molar-refractivity contribution in [2.45, 2.75) is 80.6 Å². The Balaban J connectivity index is 3.88. The maximum absolute atomic E-state index is 11.9. The summed E-state index contributed by atoms with van der Waals surface area (Å²) in [5, 5.41) is 0. The molecule has 1 aromatic carbocycles. The predicted molar refractivity (Wildman–Crippen MR) is 114 cm³/mol. The van der Waals surface area contributed by atoms with Gasteiger partial charge in [0, 0.05) is 38.8 Å². The first kappa shape index (κ1) is 26.1. The van der Waals surface area contributed by atoms with E-state index in [9.17, 15) is 19.2 Å². The molecule has 0 N–H and O–H groups in total. The zero-order chi connectivity index (χ0) is 23.9. The van der Waals surface area contributed by atoms with Gasteiger partial charge in [-0.3, -0.25) is 19.2 Å². The van der Waals surface area contributed by atoms with Crippen molar-refractivity contribution in [1.29, 1.82) is 0 Å². The third-order valence-corrected chi connectivity index (χ3v) is 4.48. The summed E-state index contributed by atoms with van der Waals surface area (Å²) in [4.78, 5) is 47.3. The first-order chi connectivity index (χ1) is 14.3. The first-order valence-corrected chi connectivity index (χ1v) is 10.3. The molecule has 0 fully saturated rings. The lowest BCUT2D eigenvalue weighted by atomic mass is 9.90. The van der Waals surface area contributed by atoms with Crippen molar-refractivity contribution in [3.8, 4) is 23.0 Å². The van der Waals surface area contributed by atoms with E-state index in [0.29, 0.717) is 17.9 Å². The largest absolute Gasteiger partial charge is 0.422 e. The Morgan fingerprint density at radius 3 is 1.32 bits per heavy atom. The number of hydrogen-bond acceptors (Lipinski definition) is 8. The van der Waals surface area contributed by atoms with Crippen LogP contribution in [0, 0.1) is 12.8 Å². The summed E-state index contributed by atoms with van der Waals surface area (Å²) in [6, 6.07) is 0. The number of ether oxygens (including phenoxy) is 4. The van der Waals surface area contributed by atoms with Gasteiger partial charge in [0.25, 0.3) is 0 Å². The van der Waals surface area contributed by atoms with Gasteiger partial charge in [-0.15, -0.1) is 0 Å². The normalized spacial score (nSPS) is 11.6. The van der Waals surface area contributed by atoms with Crippen LogP contribution in [0.2, 0.25) is 0 Å². The SMILES string of the molecule is CC(=O)Oc1c(C)c(OC(C)=O)c(OC(C)=O)c([C@H](C)CCCC(C)C)c1OC(C)=O. The average molecular weight is 437 g/mol. The van der Waals surface area contributed by atoms with E-state index in [1.165, 1.54) is 34.6 Å². The van der Waals surface area contributed by atoms with Crippen LogP contribution in [0.25, 0.3) is 0 Å². The highest BCUT2D eigenvalue weighted by Gasteiger charge is 2.32. The number of hydrogen-bond donors (Lipinski definition) is 0. The molecule has 31 heavy (non-hydrogen) atoms. The predicted octanol–water partition coefficient (Wildman–Crippen LogP) is 4.63. The van der Waals surface area contributed by atoms with Gasteiger partial charge < -0.3 is 18.9 Å². The topological polar surface area (TPSA) is 105 Å². The molecule has 0 saturated carbocycles. The molecule has 0 radical (unpaired) electrons. The summed E-state index contributed by atoms with van der Waals surface area (Å²) in [7, 11) is 0. The number of carbonyl (C=O) groups excluding carboxylic acids is 4. The molecule has 0 aliphatic carbocycles. The van der Waals surface area contributed by atoms with Crippen molar-refractivity contribution in [3.05, 3.63) is 11.1 Å². The molecule has 0 amide bonds. The van der Waals surface area contributed by atoms with E-state index in [0.717, 1.165) is 12.8 Å². The van der Waals surface area contributed by atoms with Gasteiger partial charge in [-0.05, 0) is 25.2 Å². The maximum Gasteiger partial charge on any atom is 0.308 e. The highest BCUT2D eigenvalue weighted by molar-refractivity contribution is 5.82. The Labute approximate surface area is 183 Å². The van der Waals surface area contributed by atoms with Crippen LogP contribution in [0.5, 0.6) is 23.0 Å². The van der Waals surface area contributed by atoms with Crippen LogP contribution >= 0.6 is 0 Å². The van der Waals surface area contributed by atoms with Crippen molar-refractivity contribution in [3.63, 3.8) is 0 Å². The quantitative estimate of drug-likeness (QED) is 0.408. The Morgan fingerprint density at radius 1 is 0.645 bits per heavy atom. The van der Waals surface area contributed by atoms with E-state index in [1.54, 1.807) is 0 Å². The molecule has 1 aromatic rings. The van der Waals surface area contributed by atoms with Gasteiger partial charge in [0.15, 0.2) is 23.0 Å².